The molecule has 1 aliphatic heterocycles. The molecule has 2 aliphatic rings. The van der Waals surface area contributed by atoms with E-state index in [0.29, 0.717) is 6.04 Å². The third kappa shape index (κ3) is 4.22. The fourth-order valence-electron chi connectivity index (χ4n) is 3.73. The lowest BCUT2D eigenvalue weighted by atomic mass is 10.1. The van der Waals surface area contributed by atoms with E-state index in [-0.39, 0.29) is 5.91 Å². The Morgan fingerprint density at radius 1 is 1.05 bits per heavy atom. The van der Waals surface area contributed by atoms with E-state index >= 15 is 0 Å². The van der Waals surface area contributed by atoms with E-state index in [4.69, 9.17) is 0 Å². The van der Waals surface area contributed by atoms with Gasteiger partial charge in [-0.3, -0.25) is 9.69 Å². The molecule has 0 aromatic heterocycles. The third-order valence-corrected chi connectivity index (χ3v) is 5.72. The van der Waals surface area contributed by atoms with Gasteiger partial charge in [0, 0.05) is 34.3 Å². The second-order valence-corrected chi connectivity index (χ2v) is 7.85. The number of carbonyl (C=O) groups excluding carboxylic acids is 1. The minimum atomic E-state index is 0.0733. The number of nitrogens with zero attached hydrogens (tertiary/aromatic N) is 1. The highest BCUT2D eigenvalue weighted by molar-refractivity contribution is 14.1. The van der Waals surface area contributed by atoms with Crippen LogP contribution in [0.3, 0.4) is 0 Å². The lowest BCUT2D eigenvalue weighted by Gasteiger charge is -2.26. The van der Waals surface area contributed by atoms with Crippen molar-refractivity contribution < 1.29 is 4.79 Å². The van der Waals surface area contributed by atoms with Crippen molar-refractivity contribution in [2.24, 2.45) is 0 Å². The standard InChI is InChI=1S/C18H25IN2O/c19-15-9-7-14(8-10-15)18(22)20-16-11-12-21(13-16)17-5-3-1-2-4-6-17/h7-10,16-17H,1-6,11-13H2,(H,20,22). The number of rotatable bonds is 3. The first-order valence-corrected chi connectivity index (χ1v) is 9.61. The lowest BCUT2D eigenvalue weighted by Crippen LogP contribution is -2.39. The first-order chi connectivity index (χ1) is 10.7. The van der Waals surface area contributed by atoms with Crippen molar-refractivity contribution in [2.75, 3.05) is 13.1 Å². The Kier molecular flexibility index (Phi) is 5.74. The highest BCUT2D eigenvalue weighted by Gasteiger charge is 2.29. The summed E-state index contributed by atoms with van der Waals surface area (Å²) in [5.74, 6) is 0.0733. The van der Waals surface area contributed by atoms with Crippen LogP contribution in [0.15, 0.2) is 24.3 Å². The van der Waals surface area contributed by atoms with Crippen LogP contribution in [-0.4, -0.2) is 36.0 Å². The van der Waals surface area contributed by atoms with Crippen molar-refractivity contribution in [1.29, 1.82) is 0 Å². The van der Waals surface area contributed by atoms with Gasteiger partial charge in [0.15, 0.2) is 0 Å². The highest BCUT2D eigenvalue weighted by atomic mass is 127. The molecule has 1 amide bonds. The predicted octanol–water partition coefficient (Wildman–Crippen LogP) is 3.82. The number of likely N-dealkylation sites (tertiary alicyclic amines) is 1. The van der Waals surface area contributed by atoms with Gasteiger partial charge in [-0.05, 0) is 66.1 Å². The number of carbonyl (C=O) groups is 1. The Hall–Kier alpha value is -0.620. The summed E-state index contributed by atoms with van der Waals surface area (Å²) in [6.07, 6.45) is 9.33. The Morgan fingerprint density at radius 3 is 2.41 bits per heavy atom. The van der Waals surface area contributed by atoms with Crippen LogP contribution in [0.5, 0.6) is 0 Å². The van der Waals surface area contributed by atoms with Crippen molar-refractivity contribution in [3.05, 3.63) is 33.4 Å². The lowest BCUT2D eigenvalue weighted by molar-refractivity contribution is 0.0935. The van der Waals surface area contributed by atoms with Gasteiger partial charge in [0.05, 0.1) is 0 Å². The molecule has 0 bridgehead atoms. The molecule has 1 heterocycles. The van der Waals surface area contributed by atoms with Gasteiger partial charge in [-0.1, -0.05) is 25.7 Å². The van der Waals surface area contributed by atoms with Crippen molar-refractivity contribution in [2.45, 2.75) is 57.0 Å². The van der Waals surface area contributed by atoms with E-state index in [9.17, 15) is 4.79 Å². The first-order valence-electron chi connectivity index (χ1n) is 8.53. The molecule has 4 heteroatoms. The molecular formula is C18H25IN2O. The minimum Gasteiger partial charge on any atom is -0.348 e. The zero-order chi connectivity index (χ0) is 15.4. The zero-order valence-electron chi connectivity index (χ0n) is 13.1. The van der Waals surface area contributed by atoms with Crippen LogP contribution in [0.1, 0.15) is 55.3 Å². The van der Waals surface area contributed by atoms with E-state index in [1.165, 1.54) is 38.5 Å². The second-order valence-electron chi connectivity index (χ2n) is 6.61. The summed E-state index contributed by atoms with van der Waals surface area (Å²) in [5, 5.41) is 3.22. The summed E-state index contributed by atoms with van der Waals surface area (Å²) in [5.41, 5.74) is 0.772. The fourth-order valence-corrected chi connectivity index (χ4v) is 4.09. The van der Waals surface area contributed by atoms with Crippen LogP contribution in [-0.2, 0) is 0 Å². The second kappa shape index (κ2) is 7.77. The van der Waals surface area contributed by atoms with E-state index < -0.39 is 0 Å². The molecule has 1 aromatic rings. The molecular weight excluding hydrogens is 387 g/mol. The maximum atomic E-state index is 12.3. The number of hydrogen-bond donors (Lipinski definition) is 1. The maximum Gasteiger partial charge on any atom is 0.251 e. The molecule has 0 spiro atoms. The van der Waals surface area contributed by atoms with Crippen molar-refractivity contribution >= 4 is 28.5 Å². The van der Waals surface area contributed by atoms with E-state index in [1.807, 2.05) is 24.3 Å². The molecule has 1 aliphatic carbocycles. The summed E-state index contributed by atoms with van der Waals surface area (Å²) >= 11 is 2.26. The van der Waals surface area contributed by atoms with Gasteiger partial charge in [-0.25, -0.2) is 0 Å². The smallest absolute Gasteiger partial charge is 0.251 e. The first kappa shape index (κ1) is 16.2. The van der Waals surface area contributed by atoms with Crippen molar-refractivity contribution in [1.82, 2.24) is 10.2 Å². The number of benzene rings is 1. The Morgan fingerprint density at radius 2 is 1.73 bits per heavy atom. The molecule has 3 nitrogen and oxygen atoms in total. The van der Waals surface area contributed by atoms with Crippen molar-refractivity contribution in [3.8, 4) is 0 Å². The Labute approximate surface area is 147 Å². The topological polar surface area (TPSA) is 32.3 Å². The van der Waals surface area contributed by atoms with Crippen LogP contribution in [0.2, 0.25) is 0 Å². The zero-order valence-corrected chi connectivity index (χ0v) is 15.2. The summed E-state index contributed by atoms with van der Waals surface area (Å²) in [4.78, 5) is 14.9. The molecule has 3 rings (SSSR count). The highest BCUT2D eigenvalue weighted by Crippen LogP contribution is 2.25. The number of amides is 1. The molecule has 1 aromatic carbocycles. The molecule has 1 atom stereocenters. The maximum absolute atomic E-state index is 12.3. The number of nitrogens with one attached hydrogen (secondary N) is 1. The molecule has 1 N–H and O–H groups in total. The summed E-state index contributed by atoms with van der Waals surface area (Å²) < 4.78 is 1.16. The SMILES string of the molecule is O=C(NC1CCN(C2CCCCCC2)C1)c1ccc(I)cc1. The molecule has 1 saturated carbocycles. The monoisotopic (exact) mass is 412 g/mol. The number of halogens is 1. The summed E-state index contributed by atoms with van der Waals surface area (Å²) in [7, 11) is 0. The van der Waals surface area contributed by atoms with Gasteiger partial charge in [0.25, 0.3) is 5.91 Å². The summed E-state index contributed by atoms with van der Waals surface area (Å²) in [6, 6.07) is 8.87. The molecule has 1 unspecified atom stereocenters. The molecule has 22 heavy (non-hydrogen) atoms. The van der Waals surface area contributed by atoms with Gasteiger partial charge >= 0.3 is 0 Å². The third-order valence-electron chi connectivity index (χ3n) is 5.00. The van der Waals surface area contributed by atoms with Crippen LogP contribution < -0.4 is 5.32 Å². The Balaban J connectivity index is 1.52. The molecule has 2 fully saturated rings. The average molecular weight is 412 g/mol. The van der Waals surface area contributed by atoms with Gasteiger partial charge in [-0.2, -0.15) is 0 Å². The normalized spacial score (nSPS) is 24.1. The fraction of sp³-hybridized carbons (Fsp3) is 0.611. The van der Waals surface area contributed by atoms with Crippen molar-refractivity contribution in [3.63, 3.8) is 0 Å². The van der Waals surface area contributed by atoms with Crippen LogP contribution in [0.4, 0.5) is 0 Å². The average Bonchev–Trinajstić information content (AvgIpc) is 2.81. The van der Waals surface area contributed by atoms with Gasteiger partial charge in [-0.15, -0.1) is 0 Å². The van der Waals surface area contributed by atoms with Crippen LogP contribution >= 0.6 is 22.6 Å². The van der Waals surface area contributed by atoms with E-state index in [2.05, 4.69) is 32.8 Å². The molecule has 0 radical (unpaired) electrons. The summed E-state index contributed by atoms with van der Waals surface area (Å²) in [6.45, 7) is 2.17. The molecule has 1 saturated heterocycles. The molecule has 120 valence electrons. The number of hydrogen-bond acceptors (Lipinski definition) is 2. The van der Waals surface area contributed by atoms with Crippen LogP contribution in [0, 0.1) is 3.57 Å². The predicted molar refractivity (Wildman–Crippen MR) is 98.1 cm³/mol. The quantitative estimate of drug-likeness (QED) is 0.605. The van der Waals surface area contributed by atoms with E-state index in [1.54, 1.807) is 0 Å². The Bertz CT molecular complexity index is 494. The van der Waals surface area contributed by atoms with Gasteiger partial charge < -0.3 is 5.32 Å². The largest absolute Gasteiger partial charge is 0.348 e. The van der Waals surface area contributed by atoms with E-state index in [0.717, 1.165) is 34.7 Å². The van der Waals surface area contributed by atoms with Gasteiger partial charge in [0.2, 0.25) is 0 Å². The van der Waals surface area contributed by atoms with Crippen LogP contribution in [0.25, 0.3) is 0 Å². The van der Waals surface area contributed by atoms with Gasteiger partial charge in [0.1, 0.15) is 0 Å². The minimum absolute atomic E-state index is 0.0733.